The third-order valence-corrected chi connectivity index (χ3v) is 11.6. The molecule has 5 amide bonds. The number of nitrogens with zero attached hydrogens (tertiary/aromatic N) is 9. The van der Waals surface area contributed by atoms with Crippen LogP contribution in [0.15, 0.2) is 60.7 Å². The molecule has 0 saturated carbocycles. The SMILES string of the molecule is CCn1nc(C)cc1C(=O)Nc1nc2cc(C(N)=O)cc(OC)c2n1C/C=C/Cn1c(NC(=O)c2cc(C)nn2CC)nc2cc(C(N)=O)cc(OC/C=C/CN3CCC(NC(=O)OC(C)(C)C)CC3)c21. The summed E-state index contributed by atoms with van der Waals surface area (Å²) in [4.78, 5) is 76.7. The quantitative estimate of drug-likeness (QED) is 0.0643. The third kappa shape index (κ3) is 12.1. The smallest absolute Gasteiger partial charge is 0.407 e. The van der Waals surface area contributed by atoms with E-state index in [1.165, 1.54) is 19.2 Å². The molecule has 0 spiro atoms. The number of nitrogens with one attached hydrogen (secondary N) is 3. The topological polar surface area (TPSA) is 276 Å². The lowest BCUT2D eigenvalue weighted by molar-refractivity contribution is 0.0480. The number of aryl methyl sites for hydroxylation is 4. The number of anilines is 2. The van der Waals surface area contributed by atoms with Crippen molar-refractivity contribution in [2.45, 2.75) is 99.1 Å². The van der Waals surface area contributed by atoms with Crippen molar-refractivity contribution in [3.63, 3.8) is 0 Å². The number of methoxy groups -OCH3 is 1. The minimum absolute atomic E-state index is 0.0325. The number of hydrogen-bond donors (Lipinski definition) is 5. The van der Waals surface area contributed by atoms with Gasteiger partial charge in [0, 0.05) is 63.0 Å². The Balaban J connectivity index is 1.17. The van der Waals surface area contributed by atoms with E-state index in [2.05, 4.69) is 31.0 Å². The fourth-order valence-corrected chi connectivity index (χ4v) is 8.35. The van der Waals surface area contributed by atoms with Gasteiger partial charge in [-0.05, 0) is 97.7 Å². The molecule has 1 saturated heterocycles. The number of carbonyl (C=O) groups excluding carboxylic acids is 5. The number of alkyl carbamates (subject to hydrolysis) is 1. The first-order valence-corrected chi connectivity index (χ1v) is 23.4. The molecule has 7 N–H and O–H groups in total. The van der Waals surface area contributed by atoms with Crippen molar-refractivity contribution in [1.29, 1.82) is 0 Å². The highest BCUT2D eigenvalue weighted by molar-refractivity contribution is 6.05. The monoisotopic (exact) mass is 974 g/mol. The number of primary amides is 2. The van der Waals surface area contributed by atoms with Crippen molar-refractivity contribution < 1.29 is 38.2 Å². The summed E-state index contributed by atoms with van der Waals surface area (Å²) in [6.45, 7) is 16.4. The second-order valence-corrected chi connectivity index (χ2v) is 18.1. The number of likely N-dealkylation sites (tertiary alicyclic amines) is 1. The van der Waals surface area contributed by atoms with Crippen molar-refractivity contribution in [2.75, 3.05) is 44.0 Å². The van der Waals surface area contributed by atoms with E-state index < -0.39 is 35.3 Å². The minimum atomic E-state index is -0.692. The molecule has 1 fully saturated rings. The summed E-state index contributed by atoms with van der Waals surface area (Å²) in [5.74, 6) is -1.34. The van der Waals surface area contributed by atoms with Crippen LogP contribution in [-0.2, 0) is 30.9 Å². The molecule has 1 aliphatic heterocycles. The van der Waals surface area contributed by atoms with Gasteiger partial charge in [-0.2, -0.15) is 10.2 Å². The number of fused-ring (bicyclic) bond motifs is 2. The molecule has 2 aromatic carbocycles. The maximum atomic E-state index is 13.9. The summed E-state index contributed by atoms with van der Waals surface area (Å²) >= 11 is 0. The molecular formula is C49H62N14O8. The molecule has 22 heteroatoms. The molecule has 7 rings (SSSR count). The Morgan fingerprint density at radius 3 is 1.65 bits per heavy atom. The van der Waals surface area contributed by atoms with Gasteiger partial charge < -0.3 is 40.1 Å². The first-order valence-electron chi connectivity index (χ1n) is 23.4. The molecule has 0 bridgehead atoms. The Bertz CT molecular complexity index is 3030. The van der Waals surface area contributed by atoms with Crippen LogP contribution in [0.2, 0.25) is 0 Å². The van der Waals surface area contributed by atoms with Gasteiger partial charge in [-0.25, -0.2) is 14.8 Å². The van der Waals surface area contributed by atoms with Crippen molar-refractivity contribution in [3.05, 3.63) is 94.6 Å². The van der Waals surface area contributed by atoms with Gasteiger partial charge >= 0.3 is 6.09 Å². The van der Waals surface area contributed by atoms with Crippen LogP contribution in [0.25, 0.3) is 22.1 Å². The van der Waals surface area contributed by atoms with E-state index >= 15 is 0 Å². The Morgan fingerprint density at radius 1 is 0.704 bits per heavy atom. The van der Waals surface area contributed by atoms with E-state index in [-0.39, 0.29) is 48.8 Å². The molecule has 0 atom stereocenters. The molecule has 1 aliphatic rings. The van der Waals surface area contributed by atoms with Crippen molar-refractivity contribution in [3.8, 4) is 11.5 Å². The van der Waals surface area contributed by atoms with Crippen molar-refractivity contribution in [1.82, 2.24) is 48.9 Å². The van der Waals surface area contributed by atoms with Gasteiger partial charge in [0.2, 0.25) is 23.7 Å². The fraction of sp³-hybridized carbons (Fsp3) is 0.408. The molecule has 0 unspecified atom stereocenters. The van der Waals surface area contributed by atoms with E-state index in [9.17, 15) is 24.0 Å². The molecule has 376 valence electrons. The van der Waals surface area contributed by atoms with Crippen LogP contribution in [0.3, 0.4) is 0 Å². The minimum Gasteiger partial charge on any atom is -0.494 e. The molecular weight excluding hydrogens is 913 g/mol. The fourth-order valence-electron chi connectivity index (χ4n) is 8.35. The summed E-state index contributed by atoms with van der Waals surface area (Å²) < 4.78 is 24.2. The molecule has 6 aromatic rings. The predicted octanol–water partition coefficient (Wildman–Crippen LogP) is 5.33. The number of carbonyl (C=O) groups is 5. The average molecular weight is 975 g/mol. The zero-order valence-electron chi connectivity index (χ0n) is 41.4. The molecule has 0 radical (unpaired) electrons. The van der Waals surface area contributed by atoms with Crippen molar-refractivity contribution >= 4 is 63.7 Å². The number of nitrogens with two attached hydrogens (primary N) is 2. The zero-order chi connectivity index (χ0) is 51.1. The number of rotatable bonds is 19. The number of imidazole rings is 2. The second-order valence-electron chi connectivity index (χ2n) is 18.1. The van der Waals surface area contributed by atoms with Crippen LogP contribution in [0.1, 0.15) is 101 Å². The standard InChI is InChI=1S/C49H62N14O8/c1-9-62-36(23-29(3)57-62)44(66)55-46-53-34-25-31(42(50)64)27-38(69-8)40(34)60(46)18-11-12-19-61-41-35(54-47(61)56-45(67)37-24-30(4)58-63(37)10-2)26-32(43(51)65)28-39(41)70-22-14-13-17-59-20-15-33(16-21-59)52-48(68)71-49(5,6)7/h11-14,23-28,33H,9-10,15-22H2,1-8H3,(H2,50,64)(H2,51,65)(H,52,68)(H,53,55,66)(H,54,56,67)/b12-11+,14-13+. The summed E-state index contributed by atoms with van der Waals surface area (Å²) in [6.07, 6.45) is 8.72. The van der Waals surface area contributed by atoms with Crippen molar-refractivity contribution in [2.24, 2.45) is 11.5 Å². The van der Waals surface area contributed by atoms with Crippen LogP contribution < -0.4 is 36.9 Å². The number of ether oxygens (including phenoxy) is 3. The summed E-state index contributed by atoms with van der Waals surface area (Å²) in [7, 11) is 1.46. The van der Waals surface area contributed by atoms with Crippen LogP contribution >= 0.6 is 0 Å². The molecule has 0 aliphatic carbocycles. The summed E-state index contributed by atoms with van der Waals surface area (Å²) in [5, 5.41) is 17.7. The highest BCUT2D eigenvalue weighted by Gasteiger charge is 2.26. The summed E-state index contributed by atoms with van der Waals surface area (Å²) in [6, 6.07) is 9.54. The van der Waals surface area contributed by atoms with Gasteiger partial charge in [0.15, 0.2) is 0 Å². The average Bonchev–Trinajstić information content (AvgIpc) is 4.09. The zero-order valence-corrected chi connectivity index (χ0v) is 41.4. The lowest BCUT2D eigenvalue weighted by atomic mass is 10.1. The van der Waals surface area contributed by atoms with Crippen LogP contribution in [0, 0.1) is 13.8 Å². The Labute approximate surface area is 410 Å². The van der Waals surface area contributed by atoms with E-state index in [1.807, 2.05) is 58.9 Å². The van der Waals surface area contributed by atoms with Gasteiger partial charge in [0.05, 0.1) is 29.5 Å². The number of aromatic nitrogens is 8. The highest BCUT2D eigenvalue weighted by Crippen LogP contribution is 2.33. The van der Waals surface area contributed by atoms with E-state index in [1.54, 1.807) is 56.6 Å². The van der Waals surface area contributed by atoms with Gasteiger partial charge in [-0.3, -0.25) is 44.1 Å². The van der Waals surface area contributed by atoms with Gasteiger partial charge in [0.25, 0.3) is 11.8 Å². The number of allylic oxidation sites excluding steroid dienone is 2. The lowest BCUT2D eigenvalue weighted by Gasteiger charge is -2.32. The molecule has 71 heavy (non-hydrogen) atoms. The molecule has 22 nitrogen and oxygen atoms in total. The predicted molar refractivity (Wildman–Crippen MR) is 267 cm³/mol. The Hall–Kier alpha value is -8.01. The maximum Gasteiger partial charge on any atom is 0.407 e. The number of amides is 5. The van der Waals surface area contributed by atoms with Gasteiger partial charge in [0.1, 0.15) is 46.1 Å². The summed E-state index contributed by atoms with van der Waals surface area (Å²) in [5.41, 5.74) is 14.9. The second kappa shape index (κ2) is 21.7. The lowest BCUT2D eigenvalue weighted by Crippen LogP contribution is -2.46. The Kier molecular flexibility index (Phi) is 15.6. The van der Waals surface area contributed by atoms with Crippen LogP contribution in [0.5, 0.6) is 11.5 Å². The van der Waals surface area contributed by atoms with E-state index in [4.69, 9.17) is 35.6 Å². The Morgan fingerprint density at radius 2 is 1.18 bits per heavy atom. The van der Waals surface area contributed by atoms with E-state index in [0.29, 0.717) is 76.0 Å². The first-order chi connectivity index (χ1) is 33.9. The normalized spacial score (nSPS) is 13.6. The largest absolute Gasteiger partial charge is 0.494 e. The first kappa shape index (κ1) is 50.9. The molecule has 5 heterocycles. The van der Waals surface area contributed by atoms with Crippen LogP contribution in [-0.4, -0.2) is 118 Å². The van der Waals surface area contributed by atoms with Gasteiger partial charge in [-0.1, -0.05) is 24.3 Å². The third-order valence-electron chi connectivity index (χ3n) is 11.6. The number of piperidine rings is 1. The maximum absolute atomic E-state index is 13.9. The molecule has 4 aromatic heterocycles. The van der Waals surface area contributed by atoms with E-state index in [0.717, 1.165) is 25.9 Å². The highest BCUT2D eigenvalue weighted by atomic mass is 16.6. The number of benzene rings is 2. The van der Waals surface area contributed by atoms with Gasteiger partial charge in [-0.15, -0.1) is 0 Å². The van der Waals surface area contributed by atoms with Crippen LogP contribution in [0.4, 0.5) is 16.7 Å². The number of hydrogen-bond acceptors (Lipinski definition) is 13.